The van der Waals surface area contributed by atoms with E-state index in [1.165, 1.54) is 10.5 Å². The number of anilines is 1. The van der Waals surface area contributed by atoms with Crippen molar-refractivity contribution in [2.45, 2.75) is 26.3 Å². The molecule has 1 unspecified atom stereocenters. The molecule has 1 aromatic rings. The summed E-state index contributed by atoms with van der Waals surface area (Å²) in [4.78, 5) is 26.6. The molecule has 20 heavy (non-hydrogen) atoms. The minimum atomic E-state index is -0.528. The summed E-state index contributed by atoms with van der Waals surface area (Å²) in [5.41, 5.74) is 2.26. The second kappa shape index (κ2) is 5.94. The van der Waals surface area contributed by atoms with E-state index in [2.05, 4.69) is 0 Å². The monoisotopic (exact) mass is 276 g/mol. The Bertz CT molecular complexity index is 498. The highest BCUT2D eigenvalue weighted by molar-refractivity contribution is 5.93. The van der Waals surface area contributed by atoms with Gasteiger partial charge in [0.25, 0.3) is 0 Å². The average molecular weight is 276 g/mol. The SMILES string of the molecule is Cc1ccc(N(C)C(C)CC(=O)N2CCOC2=O)cc1. The third-order valence-corrected chi connectivity index (χ3v) is 3.63. The maximum absolute atomic E-state index is 12.1. The van der Waals surface area contributed by atoms with Gasteiger partial charge in [-0.25, -0.2) is 9.69 Å². The number of imide groups is 1. The Balaban J connectivity index is 1.97. The summed E-state index contributed by atoms with van der Waals surface area (Å²) in [6.07, 6.45) is -0.236. The van der Waals surface area contributed by atoms with Crippen molar-refractivity contribution in [1.82, 2.24) is 4.90 Å². The lowest BCUT2D eigenvalue weighted by molar-refractivity contribution is -0.128. The van der Waals surface area contributed by atoms with E-state index in [-0.39, 0.29) is 11.9 Å². The van der Waals surface area contributed by atoms with Gasteiger partial charge in [0, 0.05) is 25.2 Å². The zero-order valence-corrected chi connectivity index (χ0v) is 12.1. The molecule has 0 aliphatic carbocycles. The molecule has 1 aromatic carbocycles. The number of hydrogen-bond donors (Lipinski definition) is 0. The van der Waals surface area contributed by atoms with Gasteiger partial charge in [0.15, 0.2) is 0 Å². The van der Waals surface area contributed by atoms with Crippen LogP contribution in [0.3, 0.4) is 0 Å². The Kier molecular flexibility index (Phi) is 4.27. The number of rotatable bonds is 4. The fourth-order valence-electron chi connectivity index (χ4n) is 2.15. The summed E-state index contributed by atoms with van der Waals surface area (Å²) in [5, 5.41) is 0. The van der Waals surface area contributed by atoms with Gasteiger partial charge in [-0.15, -0.1) is 0 Å². The molecule has 0 spiro atoms. The summed E-state index contributed by atoms with van der Waals surface area (Å²) >= 11 is 0. The number of cyclic esters (lactones) is 1. The molecule has 108 valence electrons. The number of ether oxygens (including phenoxy) is 1. The molecule has 1 aliphatic heterocycles. The van der Waals surface area contributed by atoms with Crippen LogP contribution in [0.5, 0.6) is 0 Å². The minimum absolute atomic E-state index is 0.0126. The van der Waals surface area contributed by atoms with Crippen molar-refractivity contribution in [3.63, 3.8) is 0 Å². The van der Waals surface area contributed by atoms with Gasteiger partial charge in [0.05, 0.1) is 6.54 Å². The third-order valence-electron chi connectivity index (χ3n) is 3.63. The molecule has 1 saturated heterocycles. The zero-order chi connectivity index (χ0) is 14.7. The fourth-order valence-corrected chi connectivity index (χ4v) is 2.15. The second-order valence-electron chi connectivity index (χ2n) is 5.16. The summed E-state index contributed by atoms with van der Waals surface area (Å²) in [6, 6.07) is 8.15. The highest BCUT2D eigenvalue weighted by Crippen LogP contribution is 2.18. The van der Waals surface area contributed by atoms with Crippen LogP contribution >= 0.6 is 0 Å². The van der Waals surface area contributed by atoms with Crippen molar-refractivity contribution >= 4 is 17.7 Å². The predicted octanol–water partition coefficient (Wildman–Crippen LogP) is 2.19. The number of benzene rings is 1. The van der Waals surface area contributed by atoms with Crippen molar-refractivity contribution in [2.24, 2.45) is 0 Å². The van der Waals surface area contributed by atoms with Crippen LogP contribution in [0.25, 0.3) is 0 Å². The van der Waals surface area contributed by atoms with Crippen LogP contribution in [-0.2, 0) is 9.53 Å². The molecule has 0 bridgehead atoms. The van der Waals surface area contributed by atoms with Crippen molar-refractivity contribution in [3.8, 4) is 0 Å². The van der Waals surface area contributed by atoms with Crippen LogP contribution in [0.4, 0.5) is 10.5 Å². The summed E-state index contributed by atoms with van der Waals surface area (Å²) in [7, 11) is 1.95. The normalized spacial score (nSPS) is 15.9. The summed E-state index contributed by atoms with van der Waals surface area (Å²) in [5.74, 6) is -0.182. The maximum atomic E-state index is 12.1. The van der Waals surface area contributed by atoms with E-state index in [4.69, 9.17) is 4.74 Å². The average Bonchev–Trinajstić information content (AvgIpc) is 2.85. The Morgan fingerprint density at radius 2 is 2.05 bits per heavy atom. The van der Waals surface area contributed by atoms with Gasteiger partial charge >= 0.3 is 6.09 Å². The molecule has 2 amide bonds. The van der Waals surface area contributed by atoms with E-state index in [0.717, 1.165) is 5.69 Å². The van der Waals surface area contributed by atoms with E-state index in [9.17, 15) is 9.59 Å². The van der Waals surface area contributed by atoms with E-state index >= 15 is 0 Å². The van der Waals surface area contributed by atoms with Crippen LogP contribution in [0, 0.1) is 6.92 Å². The van der Waals surface area contributed by atoms with Gasteiger partial charge in [0.2, 0.25) is 5.91 Å². The standard InChI is InChI=1S/C15H20N2O3/c1-11-4-6-13(7-5-11)16(3)12(2)10-14(18)17-8-9-20-15(17)19/h4-7,12H,8-10H2,1-3H3. The van der Waals surface area contributed by atoms with Gasteiger partial charge in [-0.05, 0) is 26.0 Å². The molecule has 2 rings (SSSR count). The quantitative estimate of drug-likeness (QED) is 0.846. The number of amides is 2. The van der Waals surface area contributed by atoms with E-state index < -0.39 is 6.09 Å². The van der Waals surface area contributed by atoms with E-state index in [1.807, 2.05) is 50.1 Å². The predicted molar refractivity (Wildman–Crippen MR) is 76.7 cm³/mol. The molecule has 1 fully saturated rings. The summed E-state index contributed by atoms with van der Waals surface area (Å²) in [6.45, 7) is 4.67. The Morgan fingerprint density at radius 1 is 1.40 bits per heavy atom. The van der Waals surface area contributed by atoms with Crippen molar-refractivity contribution in [1.29, 1.82) is 0 Å². The number of nitrogens with zero attached hydrogens (tertiary/aromatic N) is 2. The lowest BCUT2D eigenvalue weighted by Crippen LogP contribution is -2.38. The molecule has 5 heteroatoms. The molecule has 1 aliphatic rings. The molecular weight excluding hydrogens is 256 g/mol. The number of aryl methyl sites for hydroxylation is 1. The van der Waals surface area contributed by atoms with Gasteiger partial charge in [-0.1, -0.05) is 17.7 Å². The van der Waals surface area contributed by atoms with Gasteiger partial charge in [0.1, 0.15) is 6.61 Å². The van der Waals surface area contributed by atoms with Crippen molar-refractivity contribution in [3.05, 3.63) is 29.8 Å². The molecule has 1 atom stereocenters. The van der Waals surface area contributed by atoms with Crippen LogP contribution < -0.4 is 4.90 Å². The maximum Gasteiger partial charge on any atom is 0.416 e. The zero-order valence-electron chi connectivity index (χ0n) is 12.1. The number of carbonyl (C=O) groups excluding carboxylic acids is 2. The largest absolute Gasteiger partial charge is 0.447 e. The first-order chi connectivity index (χ1) is 9.49. The molecule has 0 N–H and O–H groups in total. The molecule has 0 saturated carbocycles. The Labute approximate surface area is 119 Å². The lowest BCUT2D eigenvalue weighted by atomic mass is 10.1. The number of carbonyl (C=O) groups is 2. The lowest BCUT2D eigenvalue weighted by Gasteiger charge is -2.27. The van der Waals surface area contributed by atoms with Crippen molar-refractivity contribution < 1.29 is 14.3 Å². The van der Waals surface area contributed by atoms with E-state index in [0.29, 0.717) is 19.6 Å². The first-order valence-corrected chi connectivity index (χ1v) is 6.75. The topological polar surface area (TPSA) is 49.9 Å². The Morgan fingerprint density at radius 3 is 2.60 bits per heavy atom. The number of hydrogen-bond acceptors (Lipinski definition) is 4. The van der Waals surface area contributed by atoms with Crippen molar-refractivity contribution in [2.75, 3.05) is 25.1 Å². The van der Waals surface area contributed by atoms with E-state index in [1.54, 1.807) is 0 Å². The van der Waals surface area contributed by atoms with Gasteiger partial charge in [-0.2, -0.15) is 0 Å². The molecular formula is C15H20N2O3. The van der Waals surface area contributed by atoms with Gasteiger partial charge in [-0.3, -0.25) is 4.79 Å². The molecule has 0 aromatic heterocycles. The van der Waals surface area contributed by atoms with Crippen LogP contribution in [0.1, 0.15) is 18.9 Å². The second-order valence-corrected chi connectivity index (χ2v) is 5.16. The van der Waals surface area contributed by atoms with Gasteiger partial charge < -0.3 is 9.64 Å². The molecule has 0 radical (unpaired) electrons. The minimum Gasteiger partial charge on any atom is -0.447 e. The fraction of sp³-hybridized carbons (Fsp3) is 0.467. The van der Waals surface area contributed by atoms with Crippen LogP contribution in [0.2, 0.25) is 0 Å². The summed E-state index contributed by atoms with van der Waals surface area (Å²) < 4.78 is 4.78. The highest BCUT2D eigenvalue weighted by Gasteiger charge is 2.29. The highest BCUT2D eigenvalue weighted by atomic mass is 16.6. The molecule has 5 nitrogen and oxygen atoms in total. The first kappa shape index (κ1) is 14.4. The smallest absolute Gasteiger partial charge is 0.416 e. The third kappa shape index (κ3) is 3.10. The van der Waals surface area contributed by atoms with Crippen LogP contribution in [-0.4, -0.2) is 43.1 Å². The van der Waals surface area contributed by atoms with Crippen LogP contribution in [0.15, 0.2) is 24.3 Å². The Hall–Kier alpha value is -2.04. The molecule has 1 heterocycles. The first-order valence-electron chi connectivity index (χ1n) is 6.75.